The van der Waals surface area contributed by atoms with Gasteiger partial charge in [0, 0.05) is 21.5 Å². The van der Waals surface area contributed by atoms with Gasteiger partial charge in [0.1, 0.15) is 11.6 Å². The molecule has 0 aliphatic rings. The summed E-state index contributed by atoms with van der Waals surface area (Å²) in [6, 6.07) is 62.3. The molecule has 0 unspecified atom stereocenters. The third-order valence-electron chi connectivity index (χ3n) is 11.7. The normalized spacial score (nSPS) is 10.7. The second kappa shape index (κ2) is 15.1. The molecule has 0 N–H and O–H groups in total. The molecule has 0 aliphatic carbocycles. The standard InChI is InChI=1S/C55H25N9/c56-26-33-9-13-43(41(18-33)30-60)37-11-15-47-45-5-1-3-7-50(45)63(52(47)22-37)54-24-40(39-20-35(28-58)17-36(21-39)29-59)25-55(49(54)32-62)64-51-8-4-2-6-46(51)48-16-12-38(23-53(48)64)44-14-10-34(27-57)19-42(44)31-61/h1-25H. The van der Waals surface area contributed by atoms with Crippen molar-refractivity contribution in [2.24, 2.45) is 0 Å². The van der Waals surface area contributed by atoms with Gasteiger partial charge in [-0.2, -0.15) is 36.8 Å². The summed E-state index contributed by atoms with van der Waals surface area (Å²) in [4.78, 5) is 0. The molecule has 0 aliphatic heterocycles. The largest absolute Gasteiger partial charge is 0.308 e. The molecule has 290 valence electrons. The quantitative estimate of drug-likeness (QED) is 0.166. The van der Waals surface area contributed by atoms with Crippen LogP contribution in [0.25, 0.3) is 88.4 Å². The number of fused-ring (bicyclic) bond motifs is 6. The zero-order valence-electron chi connectivity index (χ0n) is 33.5. The number of nitriles is 7. The van der Waals surface area contributed by atoms with E-state index in [0.29, 0.717) is 72.6 Å². The molecule has 0 bridgehead atoms. The summed E-state index contributed by atoms with van der Waals surface area (Å²) in [5.74, 6) is 0. The lowest BCUT2D eigenvalue weighted by molar-refractivity contribution is 1.12. The molecule has 0 saturated heterocycles. The van der Waals surface area contributed by atoms with E-state index in [2.05, 4.69) is 42.5 Å². The minimum absolute atomic E-state index is 0.302. The predicted molar refractivity (Wildman–Crippen MR) is 244 cm³/mol. The van der Waals surface area contributed by atoms with Gasteiger partial charge in [-0.05, 0) is 112 Å². The van der Waals surface area contributed by atoms with Crippen molar-refractivity contribution in [3.8, 4) is 87.2 Å². The van der Waals surface area contributed by atoms with Crippen LogP contribution in [0.2, 0.25) is 0 Å². The molecule has 9 heteroatoms. The van der Waals surface area contributed by atoms with Crippen molar-refractivity contribution in [2.75, 3.05) is 0 Å². The number of benzene rings is 8. The van der Waals surface area contributed by atoms with E-state index in [-0.39, 0.29) is 0 Å². The van der Waals surface area contributed by atoms with Crippen molar-refractivity contribution in [3.63, 3.8) is 0 Å². The van der Waals surface area contributed by atoms with Gasteiger partial charge in [0.25, 0.3) is 0 Å². The van der Waals surface area contributed by atoms with E-state index < -0.39 is 0 Å². The zero-order valence-corrected chi connectivity index (χ0v) is 33.5. The second-order valence-electron chi connectivity index (χ2n) is 15.2. The van der Waals surface area contributed by atoms with Crippen LogP contribution in [0.4, 0.5) is 0 Å². The molecule has 0 radical (unpaired) electrons. The lowest BCUT2D eigenvalue weighted by Crippen LogP contribution is -2.05. The number of hydrogen-bond donors (Lipinski definition) is 0. The van der Waals surface area contributed by atoms with E-state index in [1.165, 1.54) is 6.07 Å². The van der Waals surface area contributed by atoms with Crippen molar-refractivity contribution in [1.29, 1.82) is 36.8 Å². The fourth-order valence-electron chi connectivity index (χ4n) is 8.88. The Bertz CT molecular complexity index is 3750. The highest BCUT2D eigenvalue weighted by Crippen LogP contribution is 2.42. The van der Waals surface area contributed by atoms with Gasteiger partial charge >= 0.3 is 0 Å². The number of aromatic nitrogens is 2. The fraction of sp³-hybridized carbons (Fsp3) is 0. The van der Waals surface area contributed by atoms with Gasteiger partial charge in [-0.25, -0.2) is 0 Å². The van der Waals surface area contributed by atoms with Gasteiger partial charge in [-0.15, -0.1) is 0 Å². The van der Waals surface area contributed by atoms with Crippen LogP contribution in [0.3, 0.4) is 0 Å². The van der Waals surface area contributed by atoms with Gasteiger partial charge in [-0.3, -0.25) is 0 Å². The Labute approximate surface area is 366 Å². The van der Waals surface area contributed by atoms with Gasteiger partial charge in [0.05, 0.1) is 103 Å². The number of rotatable bonds is 5. The Hall–Kier alpha value is -10.2. The number of hydrogen-bond acceptors (Lipinski definition) is 7. The molecule has 64 heavy (non-hydrogen) atoms. The zero-order chi connectivity index (χ0) is 44.1. The number of para-hydroxylation sites is 2. The molecule has 0 atom stereocenters. The molecule has 9 nitrogen and oxygen atoms in total. The van der Waals surface area contributed by atoms with E-state index in [1.807, 2.05) is 106 Å². The summed E-state index contributed by atoms with van der Waals surface area (Å²) in [5, 5.41) is 74.9. The van der Waals surface area contributed by atoms with Crippen molar-refractivity contribution in [2.45, 2.75) is 0 Å². The minimum atomic E-state index is 0.302. The molecule has 8 aromatic carbocycles. The SMILES string of the molecule is N#Cc1cc(C#N)cc(-c2cc(-n3c4ccccc4c4ccc(-c5ccc(C#N)cc5C#N)cc43)c(C#N)c(-n3c4ccccc4c4ccc(-c5ccc(C#N)cc5C#N)cc43)c2)c1. The van der Waals surface area contributed by atoms with E-state index >= 15 is 0 Å². The van der Waals surface area contributed by atoms with Crippen molar-refractivity contribution in [1.82, 2.24) is 9.13 Å². The summed E-state index contributed by atoms with van der Waals surface area (Å²) in [5.41, 5.74) is 10.6. The monoisotopic (exact) mass is 811 g/mol. The van der Waals surface area contributed by atoms with Gasteiger partial charge in [0.2, 0.25) is 0 Å². The van der Waals surface area contributed by atoms with Crippen molar-refractivity contribution in [3.05, 3.63) is 191 Å². The highest BCUT2D eigenvalue weighted by Gasteiger charge is 2.24. The van der Waals surface area contributed by atoms with Gasteiger partial charge in [0.15, 0.2) is 0 Å². The third kappa shape index (κ3) is 5.95. The first-order chi connectivity index (χ1) is 31.4. The Kier molecular flexibility index (Phi) is 8.98. The highest BCUT2D eigenvalue weighted by molar-refractivity contribution is 6.12. The van der Waals surface area contributed by atoms with Crippen LogP contribution >= 0.6 is 0 Å². The second-order valence-corrected chi connectivity index (χ2v) is 15.2. The Morgan fingerprint density at radius 3 is 1.14 bits per heavy atom. The molecule has 10 rings (SSSR count). The first kappa shape index (κ1) is 38.0. The van der Waals surface area contributed by atoms with Crippen LogP contribution in [-0.4, -0.2) is 9.13 Å². The average molecular weight is 812 g/mol. The van der Waals surface area contributed by atoms with Gasteiger partial charge in [-0.1, -0.05) is 72.8 Å². The first-order valence-electron chi connectivity index (χ1n) is 19.9. The highest BCUT2D eigenvalue weighted by atomic mass is 15.0. The van der Waals surface area contributed by atoms with Crippen LogP contribution in [0, 0.1) is 79.3 Å². The van der Waals surface area contributed by atoms with E-state index in [0.717, 1.165) is 54.7 Å². The van der Waals surface area contributed by atoms with Crippen molar-refractivity contribution >= 4 is 43.6 Å². The molecule has 10 aromatic rings. The Morgan fingerprint density at radius 2 is 0.719 bits per heavy atom. The smallest absolute Gasteiger partial charge is 0.104 e. The van der Waals surface area contributed by atoms with Crippen LogP contribution in [0.1, 0.15) is 38.9 Å². The van der Waals surface area contributed by atoms with Crippen LogP contribution < -0.4 is 0 Å². The molecule has 0 amide bonds. The lowest BCUT2D eigenvalue weighted by atomic mass is 9.96. The average Bonchev–Trinajstić information content (AvgIpc) is 3.87. The minimum Gasteiger partial charge on any atom is -0.308 e. The van der Waals surface area contributed by atoms with Crippen LogP contribution in [-0.2, 0) is 0 Å². The molecular formula is C55H25N9. The predicted octanol–water partition coefficient (Wildman–Crippen LogP) is 12.0. The van der Waals surface area contributed by atoms with Crippen LogP contribution in [0.15, 0.2) is 152 Å². The van der Waals surface area contributed by atoms with E-state index in [9.17, 15) is 36.8 Å². The first-order valence-corrected chi connectivity index (χ1v) is 19.9. The summed E-state index contributed by atoms with van der Waals surface area (Å²) in [6.07, 6.45) is 0. The topological polar surface area (TPSA) is 176 Å². The molecular weight excluding hydrogens is 787 g/mol. The van der Waals surface area contributed by atoms with E-state index in [1.54, 1.807) is 48.5 Å². The van der Waals surface area contributed by atoms with E-state index in [4.69, 9.17) is 0 Å². The molecule has 0 fully saturated rings. The van der Waals surface area contributed by atoms with Crippen LogP contribution in [0.5, 0.6) is 0 Å². The van der Waals surface area contributed by atoms with Gasteiger partial charge < -0.3 is 9.13 Å². The molecule has 0 spiro atoms. The molecule has 2 heterocycles. The Balaban J connectivity index is 1.34. The summed E-state index contributed by atoms with van der Waals surface area (Å²) in [6.45, 7) is 0. The maximum absolute atomic E-state index is 11.5. The molecule has 2 aromatic heterocycles. The lowest BCUT2D eigenvalue weighted by Gasteiger charge is -2.19. The van der Waals surface area contributed by atoms with Crippen molar-refractivity contribution < 1.29 is 0 Å². The number of nitrogens with zero attached hydrogens (tertiary/aromatic N) is 9. The fourth-order valence-corrected chi connectivity index (χ4v) is 8.88. The third-order valence-corrected chi connectivity index (χ3v) is 11.7. The Morgan fingerprint density at radius 1 is 0.297 bits per heavy atom. The maximum Gasteiger partial charge on any atom is 0.104 e. The maximum atomic E-state index is 11.5. The summed E-state index contributed by atoms with van der Waals surface area (Å²) in [7, 11) is 0. The molecule has 0 saturated carbocycles. The summed E-state index contributed by atoms with van der Waals surface area (Å²) >= 11 is 0. The summed E-state index contributed by atoms with van der Waals surface area (Å²) < 4.78 is 4.09.